The smallest absolute Gasteiger partial charge is 0.227 e. The van der Waals surface area contributed by atoms with Crippen molar-refractivity contribution in [3.8, 4) is 17.1 Å². The molecule has 4 aromatic rings. The first-order chi connectivity index (χ1) is 15.6. The molecule has 1 aromatic carbocycles. The molecule has 1 N–H and O–H groups in total. The molecule has 1 aliphatic heterocycles. The Hall–Kier alpha value is -3.43. The molecular weight excluding hydrogens is 433 g/mol. The van der Waals surface area contributed by atoms with E-state index in [0.717, 1.165) is 37.6 Å². The summed E-state index contributed by atoms with van der Waals surface area (Å²) in [5.41, 5.74) is 3.39. The standard InChI is InChI=1S/C22H20ClFN7O/c1-32-19-11-15(30-8-5-25-6-9-30)2-3-17(19)28-22-27-12-16(23)21(29-22)18-13-26-20-10-14(24)4-7-31(18)20/h2-4,7,10-13H,5-6,8-9H2,1H3,(H,27,28,29). The molecule has 1 radical (unpaired) electrons. The second-order valence-electron chi connectivity index (χ2n) is 7.27. The Labute approximate surface area is 189 Å². The van der Waals surface area contributed by atoms with Gasteiger partial charge in [-0.05, 0) is 18.2 Å². The molecule has 0 atom stereocenters. The van der Waals surface area contributed by atoms with Crippen molar-refractivity contribution in [2.75, 3.05) is 43.5 Å². The van der Waals surface area contributed by atoms with Crippen molar-refractivity contribution in [1.82, 2.24) is 24.7 Å². The van der Waals surface area contributed by atoms with Gasteiger partial charge in [0.25, 0.3) is 0 Å². The molecule has 0 saturated carbocycles. The lowest BCUT2D eigenvalue weighted by atomic mass is 10.2. The maximum absolute atomic E-state index is 13.5. The number of halogens is 2. The fourth-order valence-electron chi connectivity index (χ4n) is 3.70. The van der Waals surface area contributed by atoms with Gasteiger partial charge in [-0.15, -0.1) is 0 Å². The summed E-state index contributed by atoms with van der Waals surface area (Å²) in [6, 6.07) is 8.67. The molecule has 0 aliphatic carbocycles. The molecule has 3 aromatic heterocycles. The number of pyridine rings is 1. The second-order valence-corrected chi connectivity index (χ2v) is 7.68. The Balaban J connectivity index is 1.46. The summed E-state index contributed by atoms with van der Waals surface area (Å²) in [6.45, 7) is 3.45. The molecule has 1 saturated heterocycles. The summed E-state index contributed by atoms with van der Waals surface area (Å²) >= 11 is 6.38. The third-order valence-corrected chi connectivity index (χ3v) is 5.59. The van der Waals surface area contributed by atoms with Gasteiger partial charge in [0, 0.05) is 50.2 Å². The van der Waals surface area contributed by atoms with E-state index in [1.54, 1.807) is 23.9 Å². The van der Waals surface area contributed by atoms with Crippen LogP contribution in [0.2, 0.25) is 5.02 Å². The Kier molecular flexibility index (Phi) is 5.50. The van der Waals surface area contributed by atoms with Crippen LogP contribution in [-0.2, 0) is 0 Å². The quantitative estimate of drug-likeness (QED) is 0.496. The fraction of sp³-hybridized carbons (Fsp3) is 0.227. The first kappa shape index (κ1) is 20.5. The van der Waals surface area contributed by atoms with Crippen molar-refractivity contribution >= 4 is 34.6 Å². The molecular formula is C22H20ClFN7O. The number of nitrogens with one attached hydrogen (secondary N) is 1. The van der Waals surface area contributed by atoms with Crippen molar-refractivity contribution in [1.29, 1.82) is 0 Å². The first-order valence-electron chi connectivity index (χ1n) is 10.1. The number of aromatic nitrogens is 4. The number of fused-ring (bicyclic) bond motifs is 1. The number of piperazine rings is 1. The van der Waals surface area contributed by atoms with Crippen molar-refractivity contribution in [2.24, 2.45) is 0 Å². The predicted molar refractivity (Wildman–Crippen MR) is 122 cm³/mol. The van der Waals surface area contributed by atoms with Crippen molar-refractivity contribution in [3.05, 3.63) is 59.8 Å². The van der Waals surface area contributed by atoms with Crippen molar-refractivity contribution < 1.29 is 9.13 Å². The molecule has 10 heteroatoms. The molecule has 5 rings (SSSR count). The minimum atomic E-state index is -0.361. The van der Waals surface area contributed by atoms with Crippen LogP contribution in [0, 0.1) is 5.82 Å². The first-order valence-corrected chi connectivity index (χ1v) is 10.5. The molecule has 0 amide bonds. The number of anilines is 3. The van der Waals surface area contributed by atoms with E-state index in [0.29, 0.717) is 33.8 Å². The van der Waals surface area contributed by atoms with Gasteiger partial charge in [-0.1, -0.05) is 11.6 Å². The van der Waals surface area contributed by atoms with Crippen LogP contribution in [0.25, 0.3) is 17.0 Å². The van der Waals surface area contributed by atoms with E-state index in [9.17, 15) is 4.39 Å². The van der Waals surface area contributed by atoms with E-state index in [1.807, 2.05) is 18.2 Å². The van der Waals surface area contributed by atoms with E-state index in [-0.39, 0.29) is 5.82 Å². The topological polar surface area (TPSA) is 81.7 Å². The molecule has 0 spiro atoms. The molecule has 32 heavy (non-hydrogen) atoms. The lowest BCUT2D eigenvalue weighted by Crippen LogP contribution is -2.40. The average Bonchev–Trinajstić information content (AvgIpc) is 3.24. The Morgan fingerprint density at radius 1 is 1.09 bits per heavy atom. The van der Waals surface area contributed by atoms with Crippen LogP contribution in [-0.4, -0.2) is 52.6 Å². The zero-order chi connectivity index (χ0) is 22.1. The number of nitrogens with zero attached hydrogens (tertiary/aromatic N) is 6. The van der Waals surface area contributed by atoms with Crippen LogP contribution in [0.1, 0.15) is 0 Å². The second kappa shape index (κ2) is 8.60. The number of ether oxygens (including phenoxy) is 1. The highest BCUT2D eigenvalue weighted by Crippen LogP contribution is 2.33. The highest BCUT2D eigenvalue weighted by Gasteiger charge is 2.16. The minimum Gasteiger partial charge on any atom is -0.494 e. The number of hydrogen-bond donors (Lipinski definition) is 1. The summed E-state index contributed by atoms with van der Waals surface area (Å²) in [5.74, 6) is 0.667. The normalized spacial score (nSPS) is 14.0. The summed E-state index contributed by atoms with van der Waals surface area (Å²) < 4.78 is 20.8. The third-order valence-electron chi connectivity index (χ3n) is 5.31. The van der Waals surface area contributed by atoms with Crippen molar-refractivity contribution in [2.45, 2.75) is 0 Å². The van der Waals surface area contributed by atoms with Gasteiger partial charge in [-0.3, -0.25) is 4.40 Å². The molecule has 4 heterocycles. The van der Waals surface area contributed by atoms with Gasteiger partial charge in [0.05, 0.1) is 35.9 Å². The maximum Gasteiger partial charge on any atom is 0.227 e. The van der Waals surface area contributed by atoms with Gasteiger partial charge in [0.15, 0.2) is 0 Å². The number of rotatable bonds is 5. The fourth-order valence-corrected chi connectivity index (χ4v) is 3.89. The molecule has 0 bridgehead atoms. The van der Waals surface area contributed by atoms with Crippen LogP contribution in [0.15, 0.2) is 48.9 Å². The van der Waals surface area contributed by atoms with E-state index in [1.165, 1.54) is 18.3 Å². The number of hydrogen-bond acceptors (Lipinski definition) is 6. The number of benzene rings is 1. The summed E-state index contributed by atoms with van der Waals surface area (Å²) in [7, 11) is 1.63. The van der Waals surface area contributed by atoms with Crippen molar-refractivity contribution in [3.63, 3.8) is 0 Å². The zero-order valence-corrected chi connectivity index (χ0v) is 18.1. The SMILES string of the molecule is COc1cc(N2CC[N]CC2)ccc1Nc1ncc(Cl)c(-c2cnc3cc(F)ccn23)n1. The van der Waals surface area contributed by atoms with E-state index in [4.69, 9.17) is 16.3 Å². The van der Waals surface area contributed by atoms with Crippen LogP contribution < -0.4 is 20.3 Å². The van der Waals surface area contributed by atoms with Gasteiger partial charge in [-0.25, -0.2) is 24.7 Å². The number of imidazole rings is 1. The zero-order valence-electron chi connectivity index (χ0n) is 17.3. The van der Waals surface area contributed by atoms with Gasteiger partial charge in [-0.2, -0.15) is 0 Å². The summed E-state index contributed by atoms with van der Waals surface area (Å²) in [5, 5.41) is 7.96. The lowest BCUT2D eigenvalue weighted by molar-refractivity contribution is 0.416. The highest BCUT2D eigenvalue weighted by molar-refractivity contribution is 6.32. The van der Waals surface area contributed by atoms with E-state index < -0.39 is 0 Å². The Morgan fingerprint density at radius 3 is 2.75 bits per heavy atom. The Bertz CT molecular complexity index is 1270. The van der Waals surface area contributed by atoms with E-state index >= 15 is 0 Å². The average molecular weight is 453 g/mol. The predicted octanol–water partition coefficient (Wildman–Crippen LogP) is 3.76. The molecule has 1 aliphatic rings. The highest BCUT2D eigenvalue weighted by atomic mass is 35.5. The third kappa shape index (κ3) is 3.92. The minimum absolute atomic E-state index is 0.351. The molecule has 1 fully saturated rings. The van der Waals surface area contributed by atoms with E-state index in [2.05, 4.69) is 30.5 Å². The van der Waals surface area contributed by atoms with Crippen LogP contribution in [0.4, 0.5) is 21.7 Å². The van der Waals surface area contributed by atoms with Gasteiger partial charge in [0.1, 0.15) is 22.9 Å². The molecule has 8 nitrogen and oxygen atoms in total. The van der Waals surface area contributed by atoms with Crippen LogP contribution in [0.3, 0.4) is 0 Å². The van der Waals surface area contributed by atoms with Crippen LogP contribution in [0.5, 0.6) is 5.75 Å². The van der Waals surface area contributed by atoms with Gasteiger partial charge < -0.3 is 15.0 Å². The van der Waals surface area contributed by atoms with Crippen LogP contribution >= 0.6 is 11.6 Å². The number of methoxy groups -OCH3 is 1. The Morgan fingerprint density at radius 2 is 1.94 bits per heavy atom. The van der Waals surface area contributed by atoms with Gasteiger partial charge >= 0.3 is 0 Å². The molecule has 0 unspecified atom stereocenters. The summed E-state index contributed by atoms with van der Waals surface area (Å²) in [4.78, 5) is 15.4. The summed E-state index contributed by atoms with van der Waals surface area (Å²) in [6.07, 6.45) is 4.72. The monoisotopic (exact) mass is 452 g/mol. The lowest BCUT2D eigenvalue weighted by Gasteiger charge is -2.29. The molecule has 163 valence electrons. The largest absolute Gasteiger partial charge is 0.494 e. The maximum atomic E-state index is 13.5. The van der Waals surface area contributed by atoms with Gasteiger partial charge in [0.2, 0.25) is 5.95 Å².